The first-order chi connectivity index (χ1) is 6.72. The van der Waals surface area contributed by atoms with E-state index in [4.69, 9.17) is 0 Å². The van der Waals surface area contributed by atoms with Crippen LogP contribution in [-0.4, -0.2) is 47.6 Å². The molecule has 82 valence electrons. The van der Waals surface area contributed by atoms with Crippen LogP contribution in [0.2, 0.25) is 0 Å². The average Bonchev–Trinajstić information content (AvgIpc) is 2.72. The van der Waals surface area contributed by atoms with Gasteiger partial charge in [-0.15, -0.1) is 0 Å². The highest BCUT2D eigenvalue weighted by atomic mass is 15.4. The number of likely N-dealkylation sites (tertiary alicyclic amines) is 2. The zero-order chi connectivity index (χ0) is 10.1. The minimum Gasteiger partial charge on any atom is -0.297 e. The van der Waals surface area contributed by atoms with Crippen LogP contribution in [0.1, 0.15) is 40.0 Å². The maximum atomic E-state index is 2.72. The molecule has 2 heterocycles. The molecule has 2 atom stereocenters. The Labute approximate surface area is 88.3 Å². The number of hydrogen-bond acceptors (Lipinski definition) is 2. The highest BCUT2D eigenvalue weighted by Gasteiger charge is 2.43. The standard InChI is InChI=1S/C12H24N2/c1-4-5-6-13-8-12-7-11(13)9-14(12)10(2)3/h10-12H,4-9H2,1-3H3. The van der Waals surface area contributed by atoms with Gasteiger partial charge in [-0.1, -0.05) is 13.3 Å². The average molecular weight is 196 g/mol. The summed E-state index contributed by atoms with van der Waals surface area (Å²) in [5.74, 6) is 0. The van der Waals surface area contributed by atoms with Gasteiger partial charge in [0, 0.05) is 31.2 Å². The fourth-order valence-electron chi connectivity index (χ4n) is 3.05. The molecule has 2 nitrogen and oxygen atoms in total. The van der Waals surface area contributed by atoms with Gasteiger partial charge in [0.25, 0.3) is 0 Å². The maximum Gasteiger partial charge on any atom is 0.0242 e. The van der Waals surface area contributed by atoms with Crippen LogP contribution in [-0.2, 0) is 0 Å². The van der Waals surface area contributed by atoms with Crippen LogP contribution in [0.5, 0.6) is 0 Å². The van der Waals surface area contributed by atoms with Crippen molar-refractivity contribution in [2.45, 2.75) is 58.2 Å². The number of rotatable bonds is 4. The maximum absolute atomic E-state index is 2.72. The zero-order valence-corrected chi connectivity index (χ0v) is 9.87. The third kappa shape index (κ3) is 1.82. The Balaban J connectivity index is 1.84. The third-order valence-corrected chi connectivity index (χ3v) is 3.86. The SMILES string of the molecule is CCCCN1CC2CC1CN2C(C)C. The number of piperazine rings is 1. The summed E-state index contributed by atoms with van der Waals surface area (Å²) in [5, 5.41) is 0. The minimum absolute atomic E-state index is 0.748. The monoisotopic (exact) mass is 196 g/mol. The summed E-state index contributed by atoms with van der Waals surface area (Å²) in [6, 6.07) is 2.50. The Morgan fingerprint density at radius 3 is 2.50 bits per heavy atom. The van der Waals surface area contributed by atoms with Gasteiger partial charge in [0.05, 0.1) is 0 Å². The number of fused-ring (bicyclic) bond motifs is 2. The summed E-state index contributed by atoms with van der Waals surface area (Å²) in [7, 11) is 0. The summed E-state index contributed by atoms with van der Waals surface area (Å²) in [6.07, 6.45) is 4.15. The van der Waals surface area contributed by atoms with Gasteiger partial charge in [-0.05, 0) is 33.2 Å². The largest absolute Gasteiger partial charge is 0.297 e. The van der Waals surface area contributed by atoms with Gasteiger partial charge >= 0.3 is 0 Å². The second-order valence-corrected chi connectivity index (χ2v) is 5.18. The summed E-state index contributed by atoms with van der Waals surface area (Å²) in [4.78, 5) is 5.40. The molecule has 2 saturated heterocycles. The lowest BCUT2D eigenvalue weighted by atomic mass is 10.2. The Morgan fingerprint density at radius 1 is 1.21 bits per heavy atom. The molecule has 0 spiro atoms. The zero-order valence-electron chi connectivity index (χ0n) is 9.87. The van der Waals surface area contributed by atoms with Gasteiger partial charge in [0.15, 0.2) is 0 Å². The van der Waals surface area contributed by atoms with Gasteiger partial charge in [-0.25, -0.2) is 0 Å². The van der Waals surface area contributed by atoms with E-state index < -0.39 is 0 Å². The lowest BCUT2D eigenvalue weighted by molar-refractivity contribution is 0.103. The summed E-state index contributed by atoms with van der Waals surface area (Å²) in [6.45, 7) is 10.9. The van der Waals surface area contributed by atoms with Crippen LogP contribution in [0.25, 0.3) is 0 Å². The van der Waals surface area contributed by atoms with Crippen molar-refractivity contribution < 1.29 is 0 Å². The van der Waals surface area contributed by atoms with Crippen LogP contribution in [0.4, 0.5) is 0 Å². The molecule has 2 bridgehead atoms. The van der Waals surface area contributed by atoms with Crippen molar-refractivity contribution in [2.75, 3.05) is 19.6 Å². The van der Waals surface area contributed by atoms with E-state index in [0.29, 0.717) is 0 Å². The molecule has 0 radical (unpaired) electrons. The minimum atomic E-state index is 0.748. The summed E-state index contributed by atoms with van der Waals surface area (Å²) < 4.78 is 0. The number of unbranched alkanes of at least 4 members (excludes halogenated alkanes) is 1. The Morgan fingerprint density at radius 2 is 2.00 bits per heavy atom. The van der Waals surface area contributed by atoms with Crippen LogP contribution in [0.15, 0.2) is 0 Å². The van der Waals surface area contributed by atoms with Crippen LogP contribution in [0, 0.1) is 0 Å². The molecule has 2 fully saturated rings. The first-order valence-corrected chi connectivity index (χ1v) is 6.22. The molecule has 2 rings (SSSR count). The Kier molecular flexibility index (Phi) is 3.13. The van der Waals surface area contributed by atoms with E-state index in [1.165, 1.54) is 38.9 Å². The van der Waals surface area contributed by atoms with Crippen molar-refractivity contribution in [3.63, 3.8) is 0 Å². The molecule has 2 aliphatic rings. The van der Waals surface area contributed by atoms with Crippen molar-refractivity contribution in [1.29, 1.82) is 0 Å². The van der Waals surface area contributed by atoms with Crippen LogP contribution >= 0.6 is 0 Å². The first-order valence-electron chi connectivity index (χ1n) is 6.22. The molecule has 0 amide bonds. The predicted octanol–water partition coefficient (Wildman–Crippen LogP) is 1.95. The van der Waals surface area contributed by atoms with Gasteiger partial charge in [0.2, 0.25) is 0 Å². The molecule has 2 unspecified atom stereocenters. The molecule has 0 aromatic carbocycles. The molecule has 0 N–H and O–H groups in total. The smallest absolute Gasteiger partial charge is 0.0242 e. The van der Waals surface area contributed by atoms with E-state index in [0.717, 1.165) is 18.1 Å². The van der Waals surface area contributed by atoms with Crippen molar-refractivity contribution in [2.24, 2.45) is 0 Å². The molecular formula is C12H24N2. The van der Waals surface area contributed by atoms with Crippen molar-refractivity contribution >= 4 is 0 Å². The normalized spacial score (nSPS) is 33.4. The van der Waals surface area contributed by atoms with Crippen molar-refractivity contribution in [1.82, 2.24) is 9.80 Å². The molecule has 2 heteroatoms. The predicted molar refractivity (Wildman–Crippen MR) is 60.5 cm³/mol. The third-order valence-electron chi connectivity index (χ3n) is 3.86. The Hall–Kier alpha value is -0.0800. The molecular weight excluding hydrogens is 172 g/mol. The molecule has 0 saturated carbocycles. The highest BCUT2D eigenvalue weighted by molar-refractivity contribution is 5.00. The topological polar surface area (TPSA) is 6.48 Å². The van der Waals surface area contributed by atoms with E-state index in [-0.39, 0.29) is 0 Å². The quantitative estimate of drug-likeness (QED) is 0.678. The molecule has 14 heavy (non-hydrogen) atoms. The van der Waals surface area contributed by atoms with Gasteiger partial charge in [0.1, 0.15) is 0 Å². The first kappa shape index (κ1) is 10.4. The highest BCUT2D eigenvalue weighted by Crippen LogP contribution is 2.31. The fraction of sp³-hybridized carbons (Fsp3) is 1.00. The summed E-state index contributed by atoms with van der Waals surface area (Å²) in [5.41, 5.74) is 0. The second kappa shape index (κ2) is 4.19. The number of nitrogens with zero attached hydrogens (tertiary/aromatic N) is 2. The Bertz CT molecular complexity index is 191. The number of hydrogen-bond donors (Lipinski definition) is 0. The van der Waals surface area contributed by atoms with Crippen molar-refractivity contribution in [3.8, 4) is 0 Å². The van der Waals surface area contributed by atoms with Crippen molar-refractivity contribution in [3.05, 3.63) is 0 Å². The van der Waals surface area contributed by atoms with E-state index in [9.17, 15) is 0 Å². The van der Waals surface area contributed by atoms with Crippen LogP contribution in [0.3, 0.4) is 0 Å². The van der Waals surface area contributed by atoms with E-state index in [1.54, 1.807) is 0 Å². The molecule has 2 aliphatic heterocycles. The fourth-order valence-corrected chi connectivity index (χ4v) is 3.05. The lowest BCUT2D eigenvalue weighted by Crippen LogP contribution is -2.48. The van der Waals surface area contributed by atoms with Gasteiger partial charge < -0.3 is 0 Å². The lowest BCUT2D eigenvalue weighted by Gasteiger charge is -2.36. The van der Waals surface area contributed by atoms with Gasteiger partial charge in [-0.2, -0.15) is 0 Å². The second-order valence-electron chi connectivity index (χ2n) is 5.18. The molecule has 0 aliphatic carbocycles. The molecule has 0 aromatic rings. The molecule has 0 aromatic heterocycles. The summed E-state index contributed by atoms with van der Waals surface area (Å²) >= 11 is 0. The van der Waals surface area contributed by atoms with E-state index >= 15 is 0 Å². The van der Waals surface area contributed by atoms with Gasteiger partial charge in [-0.3, -0.25) is 9.80 Å². The van der Waals surface area contributed by atoms with Crippen LogP contribution < -0.4 is 0 Å². The van der Waals surface area contributed by atoms with E-state index in [1.807, 2.05) is 0 Å². The van der Waals surface area contributed by atoms with E-state index in [2.05, 4.69) is 30.6 Å².